The number of rotatable bonds is 1. The van der Waals surface area contributed by atoms with E-state index in [0.29, 0.717) is 5.92 Å². The fourth-order valence-corrected chi connectivity index (χ4v) is 5.46. The van der Waals surface area contributed by atoms with Crippen molar-refractivity contribution in [2.24, 2.45) is 11.3 Å². The van der Waals surface area contributed by atoms with Crippen LogP contribution in [0.1, 0.15) is 69.2 Å². The third kappa shape index (κ3) is 2.00. The molecule has 0 unspecified atom stereocenters. The van der Waals surface area contributed by atoms with Crippen LogP contribution in [0.5, 0.6) is 0 Å². The van der Waals surface area contributed by atoms with Crippen molar-refractivity contribution < 1.29 is 5.11 Å². The summed E-state index contributed by atoms with van der Waals surface area (Å²) >= 11 is 0. The molecule has 1 N–H and O–H groups in total. The topological polar surface area (TPSA) is 20.2 Å². The molecular weight excluding hydrogens is 256 g/mol. The lowest BCUT2D eigenvalue weighted by atomic mass is 9.49. The van der Waals surface area contributed by atoms with Gasteiger partial charge in [-0.3, -0.25) is 0 Å². The molecule has 1 nitrogen and oxygen atoms in total. The van der Waals surface area contributed by atoms with E-state index in [4.69, 9.17) is 0 Å². The van der Waals surface area contributed by atoms with Crippen molar-refractivity contribution in [3.05, 3.63) is 34.4 Å². The van der Waals surface area contributed by atoms with E-state index in [2.05, 4.69) is 46.8 Å². The summed E-state index contributed by atoms with van der Waals surface area (Å²) in [5.74, 6) is 0.591. The monoisotopic (exact) mass is 286 g/mol. The molecule has 1 fully saturated rings. The highest BCUT2D eigenvalue weighted by Gasteiger charge is 2.53. The molecule has 2 aliphatic rings. The Kier molecular flexibility index (Phi) is 3.48. The molecule has 0 aromatic heterocycles. The first kappa shape index (κ1) is 15.1. The first-order valence-electron chi connectivity index (χ1n) is 8.62. The molecule has 0 bridgehead atoms. The molecule has 2 aliphatic carbocycles. The maximum atomic E-state index is 10.5. The minimum atomic E-state index is -0.145. The molecule has 21 heavy (non-hydrogen) atoms. The average Bonchev–Trinajstić information content (AvgIpc) is 2.43. The molecular formula is C20H30O. The van der Waals surface area contributed by atoms with Crippen LogP contribution >= 0.6 is 0 Å². The van der Waals surface area contributed by atoms with Crippen molar-refractivity contribution in [2.75, 3.05) is 0 Å². The van der Waals surface area contributed by atoms with Gasteiger partial charge in [-0.2, -0.15) is 0 Å². The van der Waals surface area contributed by atoms with E-state index < -0.39 is 0 Å². The Morgan fingerprint density at radius 1 is 1.19 bits per heavy atom. The molecule has 0 radical (unpaired) electrons. The largest absolute Gasteiger partial charge is 0.393 e. The first-order valence-corrected chi connectivity index (χ1v) is 8.62. The summed E-state index contributed by atoms with van der Waals surface area (Å²) in [6.07, 6.45) is 5.48. The fourth-order valence-electron chi connectivity index (χ4n) is 5.46. The van der Waals surface area contributed by atoms with Crippen LogP contribution in [0.25, 0.3) is 0 Å². The zero-order chi connectivity index (χ0) is 15.4. The van der Waals surface area contributed by atoms with Gasteiger partial charge in [0.25, 0.3) is 0 Å². The van der Waals surface area contributed by atoms with Crippen LogP contribution in [0.4, 0.5) is 0 Å². The van der Waals surface area contributed by atoms with E-state index in [1.807, 2.05) is 0 Å². The molecule has 1 aromatic rings. The van der Waals surface area contributed by atoms with E-state index in [1.165, 1.54) is 18.4 Å². The summed E-state index contributed by atoms with van der Waals surface area (Å²) in [7, 11) is 0. The second-order valence-corrected chi connectivity index (χ2v) is 8.13. The molecule has 0 heterocycles. The Morgan fingerprint density at radius 2 is 1.90 bits per heavy atom. The van der Waals surface area contributed by atoms with Crippen molar-refractivity contribution in [3.8, 4) is 0 Å². The van der Waals surface area contributed by atoms with Crippen LogP contribution in [0.2, 0.25) is 0 Å². The van der Waals surface area contributed by atoms with Crippen LogP contribution in [0.15, 0.2) is 12.1 Å². The standard InChI is InChI=1S/C20H30O/c1-6-14-13(2)7-9-16-15(14)8-10-17-19(3,4)18(21)11-12-20(16,17)5/h7,9,17-18,21H,6,8,10-12H2,1-5H3/t17-,18-,20+/m0/s1. The zero-order valence-corrected chi connectivity index (χ0v) is 14.3. The maximum Gasteiger partial charge on any atom is 0.0594 e. The van der Waals surface area contributed by atoms with Gasteiger partial charge in [0, 0.05) is 0 Å². The predicted octanol–water partition coefficient (Wildman–Crippen LogP) is 4.56. The van der Waals surface area contributed by atoms with Gasteiger partial charge in [-0.25, -0.2) is 0 Å². The van der Waals surface area contributed by atoms with Crippen molar-refractivity contribution in [2.45, 2.75) is 78.2 Å². The normalized spacial score (nSPS) is 34.2. The van der Waals surface area contributed by atoms with Crippen LogP contribution in [-0.4, -0.2) is 11.2 Å². The van der Waals surface area contributed by atoms with Crippen molar-refractivity contribution in [3.63, 3.8) is 0 Å². The van der Waals surface area contributed by atoms with Crippen LogP contribution < -0.4 is 0 Å². The highest BCUT2D eigenvalue weighted by atomic mass is 16.3. The van der Waals surface area contributed by atoms with Gasteiger partial charge >= 0.3 is 0 Å². The van der Waals surface area contributed by atoms with Gasteiger partial charge in [0.1, 0.15) is 0 Å². The summed E-state index contributed by atoms with van der Waals surface area (Å²) in [4.78, 5) is 0. The van der Waals surface area contributed by atoms with Gasteiger partial charge in [-0.05, 0) is 78.0 Å². The number of aliphatic hydroxyl groups is 1. The predicted molar refractivity (Wildman–Crippen MR) is 88.7 cm³/mol. The van der Waals surface area contributed by atoms with Gasteiger partial charge in [0.05, 0.1) is 6.10 Å². The van der Waals surface area contributed by atoms with E-state index in [0.717, 1.165) is 19.3 Å². The van der Waals surface area contributed by atoms with Crippen LogP contribution in [-0.2, 0) is 18.3 Å². The summed E-state index contributed by atoms with van der Waals surface area (Å²) in [6.45, 7) is 11.5. The Bertz CT molecular complexity index is 557. The van der Waals surface area contributed by atoms with Gasteiger partial charge in [0.15, 0.2) is 0 Å². The Balaban J connectivity index is 2.15. The highest BCUT2D eigenvalue weighted by molar-refractivity contribution is 5.47. The second-order valence-electron chi connectivity index (χ2n) is 8.13. The first-order chi connectivity index (χ1) is 9.82. The number of hydrogen-bond acceptors (Lipinski definition) is 1. The number of hydrogen-bond donors (Lipinski definition) is 1. The quantitative estimate of drug-likeness (QED) is 0.802. The Morgan fingerprint density at radius 3 is 2.57 bits per heavy atom. The van der Waals surface area contributed by atoms with E-state index in [9.17, 15) is 5.11 Å². The second kappa shape index (κ2) is 4.84. The van der Waals surface area contributed by atoms with Crippen molar-refractivity contribution in [1.29, 1.82) is 0 Å². The molecule has 3 atom stereocenters. The molecule has 0 spiro atoms. The lowest BCUT2D eigenvalue weighted by molar-refractivity contribution is -0.0731. The van der Waals surface area contributed by atoms with Gasteiger partial charge in [0.2, 0.25) is 0 Å². The molecule has 1 aromatic carbocycles. The molecule has 0 aliphatic heterocycles. The highest BCUT2D eigenvalue weighted by Crippen LogP contribution is 2.57. The van der Waals surface area contributed by atoms with Crippen LogP contribution in [0.3, 0.4) is 0 Å². The van der Waals surface area contributed by atoms with E-state index in [-0.39, 0.29) is 16.9 Å². The van der Waals surface area contributed by atoms with Crippen LogP contribution in [0, 0.1) is 18.3 Å². The molecule has 3 rings (SSSR count). The third-order valence-electron chi connectivity index (χ3n) is 6.78. The number of aliphatic hydroxyl groups excluding tert-OH is 1. The molecule has 0 saturated heterocycles. The van der Waals surface area contributed by atoms with Crippen molar-refractivity contribution >= 4 is 0 Å². The summed E-state index contributed by atoms with van der Waals surface area (Å²) < 4.78 is 0. The molecule has 116 valence electrons. The Labute approximate surface area is 129 Å². The number of fused-ring (bicyclic) bond motifs is 3. The lowest BCUT2D eigenvalue weighted by Crippen LogP contribution is -2.54. The van der Waals surface area contributed by atoms with Crippen molar-refractivity contribution in [1.82, 2.24) is 0 Å². The number of aryl methyl sites for hydroxylation is 1. The molecule has 0 amide bonds. The smallest absolute Gasteiger partial charge is 0.0594 e. The maximum absolute atomic E-state index is 10.5. The fraction of sp³-hybridized carbons (Fsp3) is 0.700. The van der Waals surface area contributed by atoms with Gasteiger partial charge in [-0.15, -0.1) is 0 Å². The zero-order valence-electron chi connectivity index (χ0n) is 14.3. The molecule has 1 saturated carbocycles. The third-order valence-corrected chi connectivity index (χ3v) is 6.78. The summed E-state index contributed by atoms with van der Waals surface area (Å²) in [5, 5.41) is 10.5. The average molecular weight is 286 g/mol. The van der Waals surface area contributed by atoms with E-state index in [1.54, 1.807) is 16.7 Å². The van der Waals surface area contributed by atoms with Gasteiger partial charge < -0.3 is 5.11 Å². The van der Waals surface area contributed by atoms with Gasteiger partial charge in [-0.1, -0.05) is 39.8 Å². The molecule has 1 heteroatoms. The minimum Gasteiger partial charge on any atom is -0.393 e. The minimum absolute atomic E-state index is 0.0297. The lowest BCUT2D eigenvalue weighted by Gasteiger charge is -2.56. The van der Waals surface area contributed by atoms with E-state index >= 15 is 0 Å². The number of benzene rings is 1. The summed E-state index contributed by atoms with van der Waals surface area (Å²) in [5.41, 5.74) is 6.52. The SMILES string of the molecule is CCc1c(C)ccc2c1CC[C@H]1C(C)(C)[C@@H](O)CC[C@]21C. The Hall–Kier alpha value is -0.820. The summed E-state index contributed by atoms with van der Waals surface area (Å²) in [6, 6.07) is 4.72.